The van der Waals surface area contributed by atoms with E-state index in [0.717, 1.165) is 5.56 Å². The maximum absolute atomic E-state index is 12.0. The minimum atomic E-state index is -0.426. The predicted molar refractivity (Wildman–Crippen MR) is 82.3 cm³/mol. The van der Waals surface area contributed by atoms with E-state index < -0.39 is 5.92 Å². The molecule has 0 unspecified atom stereocenters. The summed E-state index contributed by atoms with van der Waals surface area (Å²) in [6.45, 7) is 3.30. The van der Waals surface area contributed by atoms with Gasteiger partial charge in [-0.15, -0.1) is 12.6 Å². The molecule has 1 aliphatic heterocycles. The molecule has 5 heteroatoms. The first-order chi connectivity index (χ1) is 9.45. The molecule has 2 rings (SSSR count). The molecule has 0 amide bonds. The zero-order valence-corrected chi connectivity index (χ0v) is 12.7. The monoisotopic (exact) mass is 304 g/mol. The number of dihydropyridines is 1. The van der Waals surface area contributed by atoms with Gasteiger partial charge in [0.1, 0.15) is 0 Å². The van der Waals surface area contributed by atoms with E-state index in [-0.39, 0.29) is 5.78 Å². The lowest BCUT2D eigenvalue weighted by Crippen LogP contribution is -2.26. The highest BCUT2D eigenvalue weighted by Crippen LogP contribution is 2.39. The Morgan fingerprint density at radius 3 is 2.75 bits per heavy atom. The predicted octanol–water partition coefficient (Wildman–Crippen LogP) is 3.55. The molecule has 1 aromatic rings. The maximum Gasteiger partial charge on any atom is 0.158 e. The van der Waals surface area contributed by atoms with Gasteiger partial charge in [-0.1, -0.05) is 23.7 Å². The van der Waals surface area contributed by atoms with E-state index >= 15 is 0 Å². The summed E-state index contributed by atoms with van der Waals surface area (Å²) in [7, 11) is 0. The maximum atomic E-state index is 12.0. The van der Waals surface area contributed by atoms with Crippen LogP contribution < -0.4 is 5.32 Å². The van der Waals surface area contributed by atoms with Crippen molar-refractivity contribution >= 4 is 30.0 Å². The van der Waals surface area contributed by atoms with E-state index in [1.165, 1.54) is 6.92 Å². The molecule has 0 aromatic heterocycles. The number of allylic oxidation sites excluding steroid dienone is 3. The highest BCUT2D eigenvalue weighted by molar-refractivity contribution is 7.84. The summed E-state index contributed by atoms with van der Waals surface area (Å²) >= 11 is 10.3. The van der Waals surface area contributed by atoms with Gasteiger partial charge in [-0.2, -0.15) is 5.26 Å². The van der Waals surface area contributed by atoms with Crippen LogP contribution in [0.1, 0.15) is 25.3 Å². The summed E-state index contributed by atoms with van der Waals surface area (Å²) < 4.78 is 0. The zero-order chi connectivity index (χ0) is 14.9. The summed E-state index contributed by atoms with van der Waals surface area (Å²) in [4.78, 5) is 12.0. The molecular weight excluding hydrogens is 292 g/mol. The van der Waals surface area contributed by atoms with E-state index in [0.29, 0.717) is 26.9 Å². The Balaban J connectivity index is 2.67. The fourth-order valence-corrected chi connectivity index (χ4v) is 2.96. The standard InChI is InChI=1S/C15H13ClN2OS/c1-8-13(9(2)19)14(12(7-17)15(20)18-8)10-4-3-5-11(16)6-10/h3-6,14,18,20H,1-2H3/t14-/m0/s1. The van der Waals surface area contributed by atoms with Gasteiger partial charge in [-0.25, -0.2) is 0 Å². The van der Waals surface area contributed by atoms with Crippen molar-refractivity contribution in [3.63, 3.8) is 0 Å². The van der Waals surface area contributed by atoms with Crippen LogP contribution in [0.25, 0.3) is 0 Å². The Hall–Kier alpha value is -1.70. The summed E-state index contributed by atoms with van der Waals surface area (Å²) in [6.07, 6.45) is 0. The number of nitriles is 1. The summed E-state index contributed by atoms with van der Waals surface area (Å²) in [5.74, 6) is -0.501. The van der Waals surface area contributed by atoms with Gasteiger partial charge < -0.3 is 5.32 Å². The second-order valence-electron chi connectivity index (χ2n) is 4.58. The van der Waals surface area contributed by atoms with Gasteiger partial charge in [-0.05, 0) is 31.5 Å². The lowest BCUT2D eigenvalue weighted by Gasteiger charge is -2.28. The number of thiol groups is 1. The number of Topliss-reactive ketones (excluding diaryl/α,β-unsaturated/α-hetero) is 1. The van der Waals surface area contributed by atoms with Gasteiger partial charge in [0, 0.05) is 16.3 Å². The van der Waals surface area contributed by atoms with Crippen LogP contribution in [0.15, 0.2) is 46.1 Å². The molecule has 1 heterocycles. The molecule has 3 nitrogen and oxygen atoms in total. The topological polar surface area (TPSA) is 52.9 Å². The van der Waals surface area contributed by atoms with Crippen molar-refractivity contribution in [2.24, 2.45) is 0 Å². The molecule has 0 bridgehead atoms. The van der Waals surface area contributed by atoms with Crippen LogP contribution in [0, 0.1) is 11.3 Å². The smallest absolute Gasteiger partial charge is 0.158 e. The minimum absolute atomic E-state index is 0.0754. The molecule has 0 fully saturated rings. The van der Waals surface area contributed by atoms with Crippen LogP contribution in [-0.4, -0.2) is 5.78 Å². The number of nitrogens with zero attached hydrogens (tertiary/aromatic N) is 1. The van der Waals surface area contributed by atoms with Gasteiger partial charge in [0.25, 0.3) is 0 Å². The molecule has 0 radical (unpaired) electrons. The van der Waals surface area contributed by atoms with Gasteiger partial charge in [0.05, 0.1) is 22.6 Å². The fourth-order valence-electron chi connectivity index (χ4n) is 2.41. The minimum Gasteiger partial charge on any atom is -0.353 e. The summed E-state index contributed by atoms with van der Waals surface area (Å²) in [5.41, 5.74) is 2.52. The second-order valence-corrected chi connectivity index (χ2v) is 5.47. The molecule has 0 spiro atoms. The molecular formula is C15H13ClN2OS. The highest BCUT2D eigenvalue weighted by atomic mass is 35.5. The van der Waals surface area contributed by atoms with Gasteiger partial charge >= 0.3 is 0 Å². The van der Waals surface area contributed by atoms with Crippen LogP contribution in [-0.2, 0) is 4.79 Å². The first-order valence-electron chi connectivity index (χ1n) is 6.03. The first-order valence-corrected chi connectivity index (χ1v) is 6.85. The first kappa shape index (κ1) is 14.7. The number of halogens is 1. The Kier molecular flexibility index (Phi) is 4.22. The number of carbonyl (C=O) groups excluding carboxylic acids is 1. The number of rotatable bonds is 2. The fraction of sp³-hybridized carbons (Fsp3) is 0.200. The molecule has 0 aliphatic carbocycles. The number of ketones is 1. The lowest BCUT2D eigenvalue weighted by molar-refractivity contribution is -0.113. The zero-order valence-electron chi connectivity index (χ0n) is 11.1. The Morgan fingerprint density at radius 1 is 1.50 bits per heavy atom. The molecule has 1 N–H and O–H groups in total. The van der Waals surface area contributed by atoms with Gasteiger partial charge in [0.2, 0.25) is 0 Å². The van der Waals surface area contributed by atoms with E-state index in [9.17, 15) is 10.1 Å². The number of benzene rings is 1. The van der Waals surface area contributed by atoms with E-state index in [4.69, 9.17) is 11.6 Å². The number of hydrogen-bond donors (Lipinski definition) is 2. The second kappa shape index (κ2) is 5.74. The molecule has 1 aliphatic rings. The third-order valence-corrected chi connectivity index (χ3v) is 3.81. The van der Waals surface area contributed by atoms with Crippen LogP contribution in [0.2, 0.25) is 5.02 Å². The van der Waals surface area contributed by atoms with Crippen molar-refractivity contribution in [3.8, 4) is 6.07 Å². The van der Waals surface area contributed by atoms with Crippen molar-refractivity contribution in [1.29, 1.82) is 5.26 Å². The average Bonchev–Trinajstić information content (AvgIpc) is 2.37. The van der Waals surface area contributed by atoms with Crippen molar-refractivity contribution in [1.82, 2.24) is 5.32 Å². The molecule has 102 valence electrons. The Bertz CT molecular complexity index is 685. The summed E-state index contributed by atoms with van der Waals surface area (Å²) in [5, 5.41) is 13.4. The van der Waals surface area contributed by atoms with Crippen LogP contribution in [0.5, 0.6) is 0 Å². The summed E-state index contributed by atoms with van der Waals surface area (Å²) in [6, 6.07) is 9.33. The van der Waals surface area contributed by atoms with Crippen LogP contribution in [0.3, 0.4) is 0 Å². The number of carbonyl (C=O) groups is 1. The van der Waals surface area contributed by atoms with Gasteiger partial charge in [0.15, 0.2) is 5.78 Å². The van der Waals surface area contributed by atoms with Crippen molar-refractivity contribution < 1.29 is 4.79 Å². The van der Waals surface area contributed by atoms with Crippen molar-refractivity contribution in [2.75, 3.05) is 0 Å². The van der Waals surface area contributed by atoms with Gasteiger partial charge in [-0.3, -0.25) is 4.79 Å². The molecule has 0 saturated carbocycles. The molecule has 1 aromatic carbocycles. The largest absolute Gasteiger partial charge is 0.353 e. The third kappa shape index (κ3) is 2.60. The van der Waals surface area contributed by atoms with E-state index in [1.54, 1.807) is 25.1 Å². The Labute approximate surface area is 128 Å². The number of nitrogens with one attached hydrogen (secondary N) is 1. The third-order valence-electron chi connectivity index (χ3n) is 3.22. The quantitative estimate of drug-likeness (QED) is 0.822. The number of hydrogen-bond acceptors (Lipinski definition) is 4. The molecule has 0 saturated heterocycles. The lowest BCUT2D eigenvalue weighted by atomic mass is 9.81. The van der Waals surface area contributed by atoms with Crippen LogP contribution in [0.4, 0.5) is 0 Å². The van der Waals surface area contributed by atoms with Crippen molar-refractivity contribution in [3.05, 3.63) is 56.7 Å². The average molecular weight is 305 g/mol. The highest BCUT2D eigenvalue weighted by Gasteiger charge is 2.31. The van der Waals surface area contributed by atoms with Crippen LogP contribution >= 0.6 is 24.2 Å². The Morgan fingerprint density at radius 2 is 2.20 bits per heavy atom. The van der Waals surface area contributed by atoms with Crippen molar-refractivity contribution in [2.45, 2.75) is 19.8 Å². The molecule has 1 atom stereocenters. The molecule has 20 heavy (non-hydrogen) atoms. The normalized spacial score (nSPS) is 18.6. The van der Waals surface area contributed by atoms with E-state index in [2.05, 4.69) is 24.0 Å². The SMILES string of the molecule is CC(=O)C1=C(C)NC(S)=C(C#N)[C@@H]1c1cccc(Cl)c1. The van der Waals surface area contributed by atoms with E-state index in [1.807, 2.05) is 6.07 Å².